The number of thiophene rings is 1. The predicted octanol–water partition coefficient (Wildman–Crippen LogP) is 5.67. The largest absolute Gasteiger partial charge is 0.416 e. The SMILES string of the molecule is CN(C1=C2CC=CC=C2NC=C1)c1ccsc1C(=O)Nc1ccc(C(F)(F)F)cc1. The van der Waals surface area contributed by atoms with Crippen molar-refractivity contribution in [3.63, 3.8) is 0 Å². The Kier molecular flexibility index (Phi) is 5.26. The third kappa shape index (κ3) is 3.91. The lowest BCUT2D eigenvalue weighted by molar-refractivity contribution is -0.137. The number of hydrogen-bond donors (Lipinski definition) is 2. The molecule has 1 aromatic carbocycles. The lowest BCUT2D eigenvalue weighted by atomic mass is 9.98. The molecule has 0 saturated heterocycles. The van der Waals surface area contributed by atoms with Crippen LogP contribution in [0.5, 0.6) is 0 Å². The van der Waals surface area contributed by atoms with Crippen molar-refractivity contribution in [3.8, 4) is 0 Å². The van der Waals surface area contributed by atoms with Gasteiger partial charge in [-0.1, -0.05) is 12.2 Å². The van der Waals surface area contributed by atoms with Crippen LogP contribution in [-0.4, -0.2) is 13.0 Å². The maximum Gasteiger partial charge on any atom is 0.416 e. The highest BCUT2D eigenvalue weighted by Crippen LogP contribution is 2.34. The van der Waals surface area contributed by atoms with Crippen molar-refractivity contribution >= 4 is 28.6 Å². The number of fused-ring (bicyclic) bond motifs is 1. The maximum absolute atomic E-state index is 12.8. The Morgan fingerprint density at radius 3 is 2.70 bits per heavy atom. The zero-order valence-corrected chi connectivity index (χ0v) is 16.8. The summed E-state index contributed by atoms with van der Waals surface area (Å²) in [6, 6.07) is 6.27. The number of carbonyl (C=O) groups is 1. The van der Waals surface area contributed by atoms with Gasteiger partial charge in [0.25, 0.3) is 5.91 Å². The van der Waals surface area contributed by atoms with Gasteiger partial charge in [-0.3, -0.25) is 4.79 Å². The maximum atomic E-state index is 12.8. The molecule has 4 nitrogen and oxygen atoms in total. The summed E-state index contributed by atoms with van der Waals surface area (Å²) >= 11 is 1.28. The molecule has 30 heavy (non-hydrogen) atoms. The summed E-state index contributed by atoms with van der Waals surface area (Å²) in [5.41, 5.74) is 3.41. The molecule has 2 aliphatic rings. The molecule has 2 aromatic rings. The third-order valence-corrected chi connectivity index (χ3v) is 5.78. The predicted molar refractivity (Wildman–Crippen MR) is 113 cm³/mol. The second-order valence-corrected chi connectivity index (χ2v) is 7.69. The van der Waals surface area contributed by atoms with Crippen molar-refractivity contribution in [2.45, 2.75) is 12.6 Å². The fraction of sp³-hybridized carbons (Fsp3) is 0.136. The number of hydrogen-bond acceptors (Lipinski definition) is 4. The van der Waals surface area contributed by atoms with Crippen LogP contribution in [0.4, 0.5) is 24.5 Å². The van der Waals surface area contributed by atoms with Crippen LogP contribution >= 0.6 is 11.3 Å². The van der Waals surface area contributed by atoms with Crippen molar-refractivity contribution < 1.29 is 18.0 Å². The van der Waals surface area contributed by atoms with E-state index in [0.717, 1.165) is 41.2 Å². The van der Waals surface area contributed by atoms with Crippen LogP contribution in [0.25, 0.3) is 0 Å². The number of dihydropyridines is 1. The van der Waals surface area contributed by atoms with E-state index in [4.69, 9.17) is 0 Å². The van der Waals surface area contributed by atoms with Gasteiger partial charge in [0.15, 0.2) is 0 Å². The van der Waals surface area contributed by atoms with Gasteiger partial charge in [0.2, 0.25) is 0 Å². The molecule has 0 saturated carbocycles. The summed E-state index contributed by atoms with van der Waals surface area (Å²) in [6.07, 6.45) is 6.25. The summed E-state index contributed by atoms with van der Waals surface area (Å²) < 4.78 is 38.2. The highest BCUT2D eigenvalue weighted by Gasteiger charge is 2.30. The van der Waals surface area contributed by atoms with Gasteiger partial charge >= 0.3 is 6.18 Å². The molecule has 0 bridgehead atoms. The number of amides is 1. The van der Waals surface area contributed by atoms with E-state index in [1.165, 1.54) is 23.5 Å². The molecule has 8 heteroatoms. The fourth-order valence-electron chi connectivity index (χ4n) is 3.36. The standard InChI is InChI=1S/C22H18F3N3OS/c1-28(18-10-12-26-17-5-3-2-4-16(17)18)19-11-13-30-20(19)21(29)27-15-8-6-14(7-9-15)22(23,24)25/h2-3,5-13,26H,4H2,1H3,(H,27,29). The van der Waals surface area contributed by atoms with E-state index in [0.29, 0.717) is 10.6 Å². The molecule has 0 atom stereocenters. The molecule has 2 N–H and O–H groups in total. The molecule has 1 aliphatic carbocycles. The zero-order chi connectivity index (χ0) is 21.3. The van der Waals surface area contributed by atoms with E-state index in [9.17, 15) is 18.0 Å². The minimum absolute atomic E-state index is 0.307. The van der Waals surface area contributed by atoms with Crippen molar-refractivity contribution in [3.05, 3.63) is 93.6 Å². The van der Waals surface area contributed by atoms with Gasteiger partial charge in [-0.15, -0.1) is 11.3 Å². The second kappa shape index (κ2) is 7.87. The van der Waals surface area contributed by atoms with E-state index >= 15 is 0 Å². The number of carbonyl (C=O) groups excluding carboxylic acids is 1. The van der Waals surface area contributed by atoms with Gasteiger partial charge in [0.1, 0.15) is 4.88 Å². The summed E-state index contributed by atoms with van der Waals surface area (Å²) in [6.45, 7) is 0. The Labute approximate surface area is 175 Å². The zero-order valence-electron chi connectivity index (χ0n) is 16.0. The first-order valence-electron chi connectivity index (χ1n) is 9.18. The van der Waals surface area contributed by atoms with E-state index < -0.39 is 11.7 Å². The van der Waals surface area contributed by atoms with Crippen LogP contribution in [-0.2, 0) is 6.18 Å². The summed E-state index contributed by atoms with van der Waals surface area (Å²) in [4.78, 5) is 15.3. The molecule has 0 spiro atoms. The molecule has 0 radical (unpaired) electrons. The highest BCUT2D eigenvalue weighted by atomic mass is 32.1. The lowest BCUT2D eigenvalue weighted by Crippen LogP contribution is -2.25. The smallest absolute Gasteiger partial charge is 0.361 e. The summed E-state index contributed by atoms with van der Waals surface area (Å²) in [5.74, 6) is -0.366. The van der Waals surface area contributed by atoms with Gasteiger partial charge in [-0.05, 0) is 54.3 Å². The molecule has 1 amide bonds. The van der Waals surface area contributed by atoms with Gasteiger partial charge in [0.05, 0.1) is 11.3 Å². The van der Waals surface area contributed by atoms with E-state index in [-0.39, 0.29) is 5.91 Å². The normalized spacial score (nSPS) is 15.4. The number of nitrogens with one attached hydrogen (secondary N) is 2. The Hall–Kier alpha value is -3.26. The number of likely N-dealkylation sites (N-methyl/N-ethyl adjacent to an activating group) is 1. The Balaban J connectivity index is 1.56. The Morgan fingerprint density at radius 1 is 1.20 bits per heavy atom. The van der Waals surface area contributed by atoms with Crippen LogP contribution in [0.2, 0.25) is 0 Å². The Bertz CT molecular complexity index is 1090. The molecule has 154 valence electrons. The number of nitrogens with zero attached hydrogens (tertiary/aromatic N) is 1. The van der Waals surface area contributed by atoms with Gasteiger partial charge in [-0.25, -0.2) is 0 Å². The molecule has 4 rings (SSSR count). The number of anilines is 2. The summed E-state index contributed by atoms with van der Waals surface area (Å²) in [7, 11) is 1.89. The highest BCUT2D eigenvalue weighted by molar-refractivity contribution is 7.12. The number of benzene rings is 1. The minimum Gasteiger partial charge on any atom is -0.361 e. The topological polar surface area (TPSA) is 44.4 Å². The van der Waals surface area contributed by atoms with Gasteiger partial charge < -0.3 is 15.5 Å². The van der Waals surface area contributed by atoms with Crippen LogP contribution in [0.1, 0.15) is 21.7 Å². The first-order chi connectivity index (χ1) is 14.3. The lowest BCUT2D eigenvalue weighted by Gasteiger charge is -2.28. The average molecular weight is 429 g/mol. The average Bonchev–Trinajstić information content (AvgIpc) is 3.23. The van der Waals surface area contributed by atoms with Gasteiger partial charge in [0, 0.05) is 35.9 Å². The van der Waals surface area contributed by atoms with E-state index in [1.54, 1.807) is 0 Å². The van der Waals surface area contributed by atoms with Crippen molar-refractivity contribution in [2.75, 3.05) is 17.3 Å². The second-order valence-electron chi connectivity index (χ2n) is 6.78. The molecule has 0 fully saturated rings. The molecule has 2 heterocycles. The minimum atomic E-state index is -4.41. The third-order valence-electron chi connectivity index (χ3n) is 4.88. The molecule has 1 aromatic heterocycles. The summed E-state index contributed by atoms with van der Waals surface area (Å²) in [5, 5.41) is 7.73. The number of rotatable bonds is 4. The van der Waals surface area contributed by atoms with Crippen LogP contribution in [0.15, 0.2) is 83.2 Å². The fourth-order valence-corrected chi connectivity index (χ4v) is 4.18. The van der Waals surface area contributed by atoms with E-state index in [1.807, 2.05) is 47.8 Å². The van der Waals surface area contributed by atoms with Crippen molar-refractivity contribution in [1.82, 2.24) is 5.32 Å². The number of alkyl halides is 3. The quantitative estimate of drug-likeness (QED) is 0.658. The van der Waals surface area contributed by atoms with Crippen LogP contribution in [0.3, 0.4) is 0 Å². The number of halogens is 3. The first-order valence-corrected chi connectivity index (χ1v) is 10.1. The molecular formula is C22H18F3N3OS. The van der Waals surface area contributed by atoms with Crippen molar-refractivity contribution in [2.24, 2.45) is 0 Å². The first kappa shape index (κ1) is 20.0. The van der Waals surface area contributed by atoms with Crippen molar-refractivity contribution in [1.29, 1.82) is 0 Å². The molecular weight excluding hydrogens is 411 g/mol. The van der Waals surface area contributed by atoms with Crippen LogP contribution in [0, 0.1) is 0 Å². The van der Waals surface area contributed by atoms with E-state index in [2.05, 4.69) is 16.7 Å². The number of allylic oxidation sites excluding steroid dienone is 5. The monoisotopic (exact) mass is 429 g/mol. The Morgan fingerprint density at radius 2 is 1.97 bits per heavy atom. The van der Waals surface area contributed by atoms with Crippen LogP contribution < -0.4 is 15.5 Å². The molecule has 0 unspecified atom stereocenters. The molecule has 1 aliphatic heterocycles. The van der Waals surface area contributed by atoms with Gasteiger partial charge in [-0.2, -0.15) is 13.2 Å².